The Labute approximate surface area is 184 Å². The van der Waals surface area contributed by atoms with E-state index in [0.717, 1.165) is 64.4 Å². The standard InChI is InChI=1S/C23H35N5O3/c1-25-23(28-11-8-19(9-12-28)22(30)31-2)26-14-17-5-3-6-18(13-17)15-27-10-4-7-20(16-27)21(24)29/h3,5-6,13,19-20H,4,7-12,14-16H2,1-2H3,(H2,24,29)(H,25,26). The maximum atomic E-state index is 11.7. The fraction of sp³-hybridized carbons (Fsp3) is 0.609. The van der Waals surface area contributed by atoms with Crippen molar-refractivity contribution < 1.29 is 14.3 Å². The van der Waals surface area contributed by atoms with Gasteiger partial charge in [0.05, 0.1) is 18.9 Å². The van der Waals surface area contributed by atoms with Gasteiger partial charge in [0.15, 0.2) is 5.96 Å². The largest absolute Gasteiger partial charge is 0.469 e. The first-order valence-corrected chi connectivity index (χ1v) is 11.1. The quantitative estimate of drug-likeness (QED) is 0.402. The van der Waals surface area contributed by atoms with Gasteiger partial charge in [-0.05, 0) is 43.4 Å². The van der Waals surface area contributed by atoms with Crippen molar-refractivity contribution in [3.05, 3.63) is 35.4 Å². The summed E-state index contributed by atoms with van der Waals surface area (Å²) in [5.41, 5.74) is 7.93. The zero-order chi connectivity index (χ0) is 22.2. The molecule has 8 nitrogen and oxygen atoms in total. The number of nitrogens with zero attached hydrogens (tertiary/aromatic N) is 3. The summed E-state index contributed by atoms with van der Waals surface area (Å²) in [5.74, 6) is 0.499. The van der Waals surface area contributed by atoms with Gasteiger partial charge in [0.1, 0.15) is 0 Å². The van der Waals surface area contributed by atoms with Crippen LogP contribution in [0.1, 0.15) is 36.8 Å². The maximum absolute atomic E-state index is 11.7. The van der Waals surface area contributed by atoms with Crippen LogP contribution in [-0.2, 0) is 27.4 Å². The number of amides is 1. The van der Waals surface area contributed by atoms with Crippen molar-refractivity contribution in [2.45, 2.75) is 38.8 Å². The van der Waals surface area contributed by atoms with E-state index >= 15 is 0 Å². The summed E-state index contributed by atoms with van der Waals surface area (Å²) < 4.78 is 4.87. The lowest BCUT2D eigenvalue weighted by atomic mass is 9.97. The molecule has 1 aromatic rings. The molecular weight excluding hydrogens is 394 g/mol. The second-order valence-corrected chi connectivity index (χ2v) is 8.48. The smallest absolute Gasteiger partial charge is 0.308 e. The number of nitrogens with two attached hydrogens (primary N) is 1. The van der Waals surface area contributed by atoms with Crippen molar-refractivity contribution in [1.82, 2.24) is 15.1 Å². The second-order valence-electron chi connectivity index (χ2n) is 8.48. The molecule has 2 fully saturated rings. The number of guanidine groups is 1. The minimum Gasteiger partial charge on any atom is -0.469 e. The SMILES string of the molecule is CN=C(NCc1cccc(CN2CCCC(C(N)=O)C2)c1)N1CCC(C(=O)OC)CC1. The molecule has 3 rings (SSSR count). The van der Waals surface area contributed by atoms with Crippen molar-refractivity contribution in [1.29, 1.82) is 0 Å². The Balaban J connectivity index is 1.51. The van der Waals surface area contributed by atoms with Gasteiger partial charge in [-0.3, -0.25) is 19.5 Å². The van der Waals surface area contributed by atoms with Crippen molar-refractivity contribution in [3.8, 4) is 0 Å². The van der Waals surface area contributed by atoms with E-state index in [1.165, 1.54) is 18.2 Å². The molecule has 0 spiro atoms. The van der Waals surface area contributed by atoms with Gasteiger partial charge in [0.2, 0.25) is 5.91 Å². The molecule has 2 aliphatic heterocycles. The number of aliphatic imine (C=N–C) groups is 1. The Bertz CT molecular complexity index is 789. The Hall–Kier alpha value is -2.61. The number of primary amides is 1. The average molecular weight is 430 g/mol. The minimum absolute atomic E-state index is 0.0139. The van der Waals surface area contributed by atoms with Gasteiger partial charge in [-0.2, -0.15) is 0 Å². The Kier molecular flexibility index (Phi) is 8.28. The van der Waals surface area contributed by atoms with Gasteiger partial charge in [0.25, 0.3) is 0 Å². The number of likely N-dealkylation sites (tertiary alicyclic amines) is 2. The molecule has 2 aliphatic rings. The predicted octanol–water partition coefficient (Wildman–Crippen LogP) is 1.34. The van der Waals surface area contributed by atoms with Gasteiger partial charge in [-0.25, -0.2) is 0 Å². The third-order valence-corrected chi connectivity index (χ3v) is 6.30. The lowest BCUT2D eigenvalue weighted by molar-refractivity contribution is -0.146. The van der Waals surface area contributed by atoms with Crippen LogP contribution >= 0.6 is 0 Å². The summed E-state index contributed by atoms with van der Waals surface area (Å²) in [5, 5.41) is 3.45. The number of benzene rings is 1. The normalized spacial score (nSPS) is 21.0. The first-order valence-electron chi connectivity index (χ1n) is 11.1. The van der Waals surface area contributed by atoms with Gasteiger partial charge in [-0.1, -0.05) is 24.3 Å². The summed E-state index contributed by atoms with van der Waals surface area (Å²) >= 11 is 0. The van der Waals surface area contributed by atoms with Crippen molar-refractivity contribution in [2.75, 3.05) is 40.3 Å². The molecular formula is C23H35N5O3. The summed E-state index contributed by atoms with van der Waals surface area (Å²) in [6.07, 6.45) is 3.47. The number of hydrogen-bond acceptors (Lipinski definition) is 5. The van der Waals surface area contributed by atoms with Crippen LogP contribution in [0.15, 0.2) is 29.3 Å². The molecule has 0 bridgehead atoms. The van der Waals surface area contributed by atoms with Crippen LogP contribution in [-0.4, -0.2) is 68.0 Å². The topological polar surface area (TPSA) is 100 Å². The highest BCUT2D eigenvalue weighted by Gasteiger charge is 2.27. The first kappa shape index (κ1) is 23.1. The number of piperidine rings is 2. The van der Waals surface area contributed by atoms with E-state index in [1.54, 1.807) is 7.05 Å². The van der Waals surface area contributed by atoms with Crippen LogP contribution in [0, 0.1) is 11.8 Å². The summed E-state index contributed by atoms with van der Waals surface area (Å²) in [7, 11) is 3.24. The Morgan fingerprint density at radius 1 is 1.16 bits per heavy atom. The van der Waals surface area contributed by atoms with E-state index in [4.69, 9.17) is 10.5 Å². The number of carbonyl (C=O) groups excluding carboxylic acids is 2. The zero-order valence-electron chi connectivity index (χ0n) is 18.7. The maximum Gasteiger partial charge on any atom is 0.308 e. The van der Waals surface area contributed by atoms with Crippen LogP contribution in [0.2, 0.25) is 0 Å². The fourth-order valence-electron chi connectivity index (χ4n) is 4.53. The van der Waals surface area contributed by atoms with E-state index in [-0.39, 0.29) is 23.7 Å². The number of ether oxygens (including phenoxy) is 1. The molecule has 0 aromatic heterocycles. The average Bonchev–Trinajstić information content (AvgIpc) is 2.80. The molecule has 1 aromatic carbocycles. The molecule has 0 radical (unpaired) electrons. The first-order chi connectivity index (χ1) is 15.0. The monoisotopic (exact) mass is 429 g/mol. The van der Waals surface area contributed by atoms with Crippen LogP contribution in [0.4, 0.5) is 0 Å². The van der Waals surface area contributed by atoms with Crippen LogP contribution in [0.25, 0.3) is 0 Å². The Morgan fingerprint density at radius 2 is 1.90 bits per heavy atom. The highest BCUT2D eigenvalue weighted by atomic mass is 16.5. The molecule has 1 amide bonds. The predicted molar refractivity (Wildman–Crippen MR) is 120 cm³/mol. The number of methoxy groups -OCH3 is 1. The number of hydrogen-bond donors (Lipinski definition) is 2. The van der Waals surface area contributed by atoms with Gasteiger partial charge in [-0.15, -0.1) is 0 Å². The van der Waals surface area contributed by atoms with E-state index in [0.29, 0.717) is 6.54 Å². The third-order valence-electron chi connectivity index (χ3n) is 6.30. The molecule has 170 valence electrons. The lowest BCUT2D eigenvalue weighted by Crippen LogP contribution is -2.46. The molecule has 2 saturated heterocycles. The fourth-order valence-corrected chi connectivity index (χ4v) is 4.53. The van der Waals surface area contributed by atoms with E-state index in [2.05, 4.69) is 44.4 Å². The molecule has 0 saturated carbocycles. The molecule has 0 aliphatic carbocycles. The van der Waals surface area contributed by atoms with Crippen molar-refractivity contribution >= 4 is 17.8 Å². The number of rotatable bonds is 6. The van der Waals surface area contributed by atoms with E-state index in [9.17, 15) is 9.59 Å². The van der Waals surface area contributed by atoms with E-state index in [1.807, 2.05) is 0 Å². The number of esters is 1. The number of nitrogens with one attached hydrogen (secondary N) is 1. The van der Waals surface area contributed by atoms with Gasteiger partial charge < -0.3 is 20.7 Å². The molecule has 8 heteroatoms. The Morgan fingerprint density at radius 3 is 2.58 bits per heavy atom. The highest BCUT2D eigenvalue weighted by molar-refractivity contribution is 5.80. The molecule has 1 atom stereocenters. The molecule has 31 heavy (non-hydrogen) atoms. The van der Waals surface area contributed by atoms with Crippen molar-refractivity contribution in [3.63, 3.8) is 0 Å². The lowest BCUT2D eigenvalue weighted by Gasteiger charge is -2.33. The zero-order valence-corrected chi connectivity index (χ0v) is 18.7. The summed E-state index contributed by atoms with van der Waals surface area (Å²) in [6, 6.07) is 8.52. The molecule has 2 heterocycles. The van der Waals surface area contributed by atoms with Gasteiger partial charge >= 0.3 is 5.97 Å². The molecule has 1 unspecified atom stereocenters. The van der Waals surface area contributed by atoms with Crippen LogP contribution in [0.3, 0.4) is 0 Å². The van der Waals surface area contributed by atoms with Crippen LogP contribution in [0.5, 0.6) is 0 Å². The third kappa shape index (κ3) is 6.43. The molecule has 3 N–H and O–H groups in total. The summed E-state index contributed by atoms with van der Waals surface area (Å²) in [4.78, 5) is 32.2. The second kappa shape index (κ2) is 11.1. The van der Waals surface area contributed by atoms with Gasteiger partial charge in [0, 0.05) is 39.8 Å². The minimum atomic E-state index is -0.190. The van der Waals surface area contributed by atoms with E-state index < -0.39 is 0 Å². The highest BCUT2D eigenvalue weighted by Crippen LogP contribution is 2.20. The van der Waals surface area contributed by atoms with Crippen LogP contribution < -0.4 is 11.1 Å². The summed E-state index contributed by atoms with van der Waals surface area (Å²) in [6.45, 7) is 4.83. The van der Waals surface area contributed by atoms with Crippen molar-refractivity contribution in [2.24, 2.45) is 22.6 Å². The number of carbonyl (C=O) groups is 2.